The Morgan fingerprint density at radius 3 is 1.89 bits per heavy atom. The third-order valence-electron chi connectivity index (χ3n) is 9.29. The van der Waals surface area contributed by atoms with E-state index in [1.54, 1.807) is 24.3 Å². The minimum atomic E-state index is -0.728. The number of nitrogens with zero attached hydrogens (tertiary/aromatic N) is 3. The first kappa shape index (κ1) is 31.8. The van der Waals surface area contributed by atoms with Gasteiger partial charge >= 0.3 is 5.69 Å². The van der Waals surface area contributed by atoms with Gasteiger partial charge in [-0.05, 0) is 47.8 Å². The first-order chi connectivity index (χ1) is 22.2. The summed E-state index contributed by atoms with van der Waals surface area (Å²) in [5.74, 6) is -0.740. The van der Waals surface area contributed by atoms with Crippen molar-refractivity contribution in [2.75, 3.05) is 6.54 Å². The molecule has 10 heteroatoms. The van der Waals surface area contributed by atoms with Gasteiger partial charge in [0.15, 0.2) is 11.6 Å². The van der Waals surface area contributed by atoms with E-state index >= 15 is 0 Å². The number of benzene rings is 3. The summed E-state index contributed by atoms with van der Waals surface area (Å²) in [6.45, 7) is 8.95. The minimum absolute atomic E-state index is 0.0359. The van der Waals surface area contributed by atoms with E-state index in [0.29, 0.717) is 48.9 Å². The number of non-ortho nitro benzene ring substituents is 1. The SMILES string of the molecule is CC1(C)CC(=O)C2=C(C1)N(CCc1ccccc1)C1=C(C(=O)CC(C)(C)C1)C2c1ccccc1Oc1ccc([N+](=O)[O-])cc1[N+](=O)[O-]. The average molecular weight is 636 g/mol. The molecule has 1 aliphatic heterocycles. The third kappa shape index (κ3) is 6.19. The van der Waals surface area contributed by atoms with Crippen LogP contribution in [0.15, 0.2) is 95.3 Å². The highest BCUT2D eigenvalue weighted by Crippen LogP contribution is 2.56. The van der Waals surface area contributed by atoms with E-state index in [9.17, 15) is 29.8 Å². The summed E-state index contributed by atoms with van der Waals surface area (Å²) < 4.78 is 6.19. The molecule has 0 aromatic heterocycles. The highest BCUT2D eigenvalue weighted by atomic mass is 16.6. The molecule has 6 rings (SSSR count). The lowest BCUT2D eigenvalue weighted by atomic mass is 9.63. The molecule has 47 heavy (non-hydrogen) atoms. The van der Waals surface area contributed by atoms with Gasteiger partial charge in [0.1, 0.15) is 5.75 Å². The molecule has 0 amide bonds. The van der Waals surface area contributed by atoms with Crippen LogP contribution >= 0.6 is 0 Å². The fourth-order valence-corrected chi connectivity index (χ4v) is 7.29. The molecule has 0 atom stereocenters. The highest BCUT2D eigenvalue weighted by Gasteiger charge is 2.49. The van der Waals surface area contributed by atoms with Crippen molar-refractivity contribution in [3.05, 3.63) is 127 Å². The summed E-state index contributed by atoms with van der Waals surface area (Å²) in [5, 5.41) is 23.3. The molecule has 2 aliphatic carbocycles. The second kappa shape index (κ2) is 11.9. The number of rotatable bonds is 8. The number of carbonyl (C=O) groups excluding carboxylic acids is 2. The van der Waals surface area contributed by atoms with E-state index in [1.165, 1.54) is 6.07 Å². The molecule has 3 aromatic rings. The molecule has 3 aliphatic rings. The predicted molar refractivity (Wildman–Crippen MR) is 176 cm³/mol. The number of ketones is 2. The lowest BCUT2D eigenvalue weighted by Gasteiger charge is -2.49. The highest BCUT2D eigenvalue weighted by molar-refractivity contribution is 6.07. The molecule has 0 saturated heterocycles. The van der Waals surface area contributed by atoms with Gasteiger partial charge in [0.25, 0.3) is 5.69 Å². The second-order valence-electron chi connectivity index (χ2n) is 14.2. The summed E-state index contributed by atoms with van der Waals surface area (Å²) in [4.78, 5) is 52.6. The summed E-state index contributed by atoms with van der Waals surface area (Å²) in [6.07, 6.45) is 2.64. The molecule has 0 spiro atoms. The summed E-state index contributed by atoms with van der Waals surface area (Å²) in [7, 11) is 0. The van der Waals surface area contributed by atoms with Crippen LogP contribution in [0.25, 0.3) is 0 Å². The Bertz CT molecular complexity index is 1820. The van der Waals surface area contributed by atoms with Crippen LogP contribution in [-0.4, -0.2) is 32.9 Å². The normalized spacial score (nSPS) is 18.9. The van der Waals surface area contributed by atoms with Gasteiger partial charge in [-0.1, -0.05) is 76.2 Å². The third-order valence-corrected chi connectivity index (χ3v) is 9.29. The molecular weight excluding hydrogens is 598 g/mol. The number of allylic oxidation sites excluding steroid dienone is 4. The molecule has 0 N–H and O–H groups in total. The van der Waals surface area contributed by atoms with Gasteiger partial charge < -0.3 is 9.64 Å². The van der Waals surface area contributed by atoms with Crippen molar-refractivity contribution >= 4 is 22.9 Å². The van der Waals surface area contributed by atoms with Gasteiger partial charge in [-0.3, -0.25) is 29.8 Å². The number of hydrogen-bond donors (Lipinski definition) is 0. The molecule has 0 fully saturated rings. The Morgan fingerprint density at radius 2 is 1.32 bits per heavy atom. The van der Waals surface area contributed by atoms with Crippen LogP contribution in [0, 0.1) is 31.1 Å². The molecule has 0 bridgehead atoms. The summed E-state index contributed by atoms with van der Waals surface area (Å²) >= 11 is 0. The Morgan fingerprint density at radius 1 is 0.745 bits per heavy atom. The van der Waals surface area contributed by atoms with Crippen molar-refractivity contribution in [1.82, 2.24) is 4.90 Å². The van der Waals surface area contributed by atoms with Crippen LogP contribution < -0.4 is 4.74 Å². The minimum Gasteiger partial charge on any atom is -0.450 e. The van der Waals surface area contributed by atoms with Crippen LogP contribution in [0.4, 0.5) is 11.4 Å². The van der Waals surface area contributed by atoms with Crippen molar-refractivity contribution in [2.45, 2.75) is 65.7 Å². The monoisotopic (exact) mass is 635 g/mol. The number of nitro groups is 2. The number of carbonyl (C=O) groups is 2. The van der Waals surface area contributed by atoms with Crippen molar-refractivity contribution in [3.63, 3.8) is 0 Å². The lowest BCUT2D eigenvalue weighted by molar-refractivity contribution is -0.394. The fourth-order valence-electron chi connectivity index (χ4n) is 7.29. The average Bonchev–Trinajstić information content (AvgIpc) is 2.99. The van der Waals surface area contributed by atoms with Crippen molar-refractivity contribution < 1.29 is 24.2 Å². The molecule has 1 heterocycles. The van der Waals surface area contributed by atoms with Gasteiger partial charge in [0.2, 0.25) is 5.75 Å². The Hall–Kier alpha value is -5.12. The van der Waals surface area contributed by atoms with Crippen LogP contribution in [0.5, 0.6) is 11.5 Å². The smallest absolute Gasteiger partial charge is 0.318 e. The van der Waals surface area contributed by atoms with Crippen LogP contribution in [0.3, 0.4) is 0 Å². The van der Waals surface area contributed by atoms with Crippen LogP contribution in [-0.2, 0) is 16.0 Å². The molecular formula is C37H37N3O7. The van der Waals surface area contributed by atoms with Crippen molar-refractivity contribution in [1.29, 1.82) is 0 Å². The molecule has 10 nitrogen and oxygen atoms in total. The first-order valence-electron chi connectivity index (χ1n) is 15.8. The number of para-hydroxylation sites is 1. The summed E-state index contributed by atoms with van der Waals surface area (Å²) in [5.41, 5.74) is 3.07. The maximum Gasteiger partial charge on any atom is 0.318 e. The zero-order valence-corrected chi connectivity index (χ0v) is 26.9. The Balaban J connectivity index is 1.53. The number of ether oxygens (including phenoxy) is 1. The quantitative estimate of drug-likeness (QED) is 0.179. The van der Waals surface area contributed by atoms with Gasteiger partial charge in [-0.2, -0.15) is 0 Å². The van der Waals surface area contributed by atoms with Gasteiger partial charge in [-0.25, -0.2) is 0 Å². The van der Waals surface area contributed by atoms with E-state index < -0.39 is 27.1 Å². The van der Waals surface area contributed by atoms with Crippen molar-refractivity contribution in [3.8, 4) is 11.5 Å². The van der Waals surface area contributed by atoms with E-state index in [1.807, 2.05) is 18.2 Å². The largest absolute Gasteiger partial charge is 0.450 e. The molecule has 0 saturated carbocycles. The van der Waals surface area contributed by atoms with E-state index in [-0.39, 0.29) is 33.9 Å². The summed E-state index contributed by atoms with van der Waals surface area (Å²) in [6, 6.07) is 20.3. The first-order valence-corrected chi connectivity index (χ1v) is 15.8. The number of Topliss-reactive ketones (excluding diaryl/α,β-unsaturated/α-hetero) is 2. The Labute approximate surface area is 273 Å². The van der Waals surface area contributed by atoms with Gasteiger partial charge in [0.05, 0.1) is 15.9 Å². The van der Waals surface area contributed by atoms with E-state index in [2.05, 4.69) is 44.7 Å². The number of nitro benzene ring substituents is 2. The fraction of sp³-hybridized carbons (Fsp3) is 0.351. The van der Waals surface area contributed by atoms with E-state index in [0.717, 1.165) is 35.5 Å². The zero-order chi connectivity index (χ0) is 33.7. The maximum absolute atomic E-state index is 14.3. The molecule has 242 valence electrons. The lowest BCUT2D eigenvalue weighted by Crippen LogP contribution is -2.45. The molecule has 0 radical (unpaired) electrons. The van der Waals surface area contributed by atoms with Gasteiger partial charge in [0, 0.05) is 59.5 Å². The number of hydrogen-bond acceptors (Lipinski definition) is 8. The van der Waals surface area contributed by atoms with Crippen LogP contribution in [0.2, 0.25) is 0 Å². The Kier molecular flexibility index (Phi) is 8.07. The van der Waals surface area contributed by atoms with Crippen molar-refractivity contribution in [2.24, 2.45) is 10.8 Å². The maximum atomic E-state index is 14.3. The zero-order valence-electron chi connectivity index (χ0n) is 26.9. The molecule has 0 unspecified atom stereocenters. The second-order valence-corrected chi connectivity index (χ2v) is 14.2. The topological polar surface area (TPSA) is 133 Å². The van der Waals surface area contributed by atoms with Gasteiger partial charge in [-0.15, -0.1) is 0 Å². The molecule has 3 aromatic carbocycles. The standard InChI is InChI=1S/C37H37N3O7/c1-36(2)19-27-34(29(41)21-36)33(25-12-8-9-13-31(25)47-32-15-14-24(39(43)44)18-26(32)40(45)46)35-28(20-37(3,4)22-30(35)42)38(27)17-16-23-10-6-5-7-11-23/h5-15,18,33H,16-17,19-22H2,1-4H3. The van der Waals surface area contributed by atoms with Crippen LogP contribution in [0.1, 0.15) is 70.4 Å². The van der Waals surface area contributed by atoms with E-state index in [4.69, 9.17) is 4.74 Å². The predicted octanol–water partition coefficient (Wildman–Crippen LogP) is 8.22.